The third-order valence-corrected chi connectivity index (χ3v) is 5.04. The van der Waals surface area contributed by atoms with Crippen molar-refractivity contribution in [3.63, 3.8) is 0 Å². The van der Waals surface area contributed by atoms with Crippen molar-refractivity contribution in [2.45, 2.75) is 25.2 Å². The van der Waals surface area contributed by atoms with Crippen molar-refractivity contribution in [2.24, 2.45) is 0 Å². The molecule has 4 rings (SSSR count). The lowest BCUT2D eigenvalue weighted by Crippen LogP contribution is -2.29. The minimum Gasteiger partial charge on any atom is -0.504 e. The first kappa shape index (κ1) is 20.2. The quantitative estimate of drug-likeness (QED) is 0.548. The number of phenols is 2. The largest absolute Gasteiger partial charge is 0.504 e. The minimum atomic E-state index is -0.200. The number of nitrogens with one attached hydrogen (secondary N) is 1. The van der Waals surface area contributed by atoms with Gasteiger partial charge in [0.2, 0.25) is 0 Å². The first-order chi connectivity index (χ1) is 13.2. The maximum atomic E-state index is 10.4. The van der Waals surface area contributed by atoms with E-state index in [9.17, 15) is 10.2 Å². The molecule has 3 aromatic rings. The summed E-state index contributed by atoms with van der Waals surface area (Å²) in [5.74, 6) is -0.122. The van der Waals surface area contributed by atoms with Crippen LogP contribution in [0.3, 0.4) is 0 Å². The molecule has 3 aromatic carbocycles. The molecule has 2 atom stereocenters. The smallest absolute Gasteiger partial charge is 0.161 e. The fourth-order valence-electron chi connectivity index (χ4n) is 3.63. The molecule has 146 valence electrons. The van der Waals surface area contributed by atoms with Gasteiger partial charge >= 0.3 is 0 Å². The van der Waals surface area contributed by atoms with Gasteiger partial charge in [-0.25, -0.2) is 0 Å². The standard InChI is InChI=1S/C23H23NO3.ClH/c25-20-12-11-18-19(23(20)26)13-21(17-9-5-2-6-10-17)27-22(18)15-24-14-16-7-3-1-4-8-16;/h1-12,21-22,24-26H,13-15H2;1H/t21-,22-;/m0./s1. The van der Waals surface area contributed by atoms with Gasteiger partial charge in [-0.15, -0.1) is 12.4 Å². The highest BCUT2D eigenvalue weighted by Gasteiger charge is 2.31. The van der Waals surface area contributed by atoms with E-state index in [0.29, 0.717) is 13.0 Å². The Morgan fingerprint density at radius 1 is 0.893 bits per heavy atom. The second kappa shape index (κ2) is 9.11. The van der Waals surface area contributed by atoms with Crippen molar-refractivity contribution < 1.29 is 14.9 Å². The molecular weight excluding hydrogens is 374 g/mol. The van der Waals surface area contributed by atoms with Gasteiger partial charge in [-0.1, -0.05) is 66.7 Å². The van der Waals surface area contributed by atoms with Crippen molar-refractivity contribution >= 4 is 12.4 Å². The lowest BCUT2D eigenvalue weighted by atomic mass is 9.90. The van der Waals surface area contributed by atoms with E-state index in [0.717, 1.165) is 23.2 Å². The molecule has 0 aromatic heterocycles. The molecular formula is C23H24ClNO3. The molecule has 4 nitrogen and oxygen atoms in total. The Kier molecular flexibility index (Phi) is 6.57. The summed E-state index contributed by atoms with van der Waals surface area (Å²) < 4.78 is 6.38. The number of rotatable bonds is 5. The Labute approximate surface area is 171 Å². The predicted molar refractivity (Wildman–Crippen MR) is 112 cm³/mol. The fraction of sp³-hybridized carbons (Fsp3) is 0.217. The monoisotopic (exact) mass is 397 g/mol. The first-order valence-corrected chi connectivity index (χ1v) is 9.21. The summed E-state index contributed by atoms with van der Waals surface area (Å²) >= 11 is 0. The summed E-state index contributed by atoms with van der Waals surface area (Å²) in [5, 5.41) is 23.8. The van der Waals surface area contributed by atoms with Crippen LogP contribution in [0.4, 0.5) is 0 Å². The molecule has 0 fully saturated rings. The summed E-state index contributed by atoms with van der Waals surface area (Å²) in [5.41, 5.74) is 3.97. The Morgan fingerprint density at radius 3 is 2.29 bits per heavy atom. The van der Waals surface area contributed by atoms with Gasteiger partial charge in [-0.2, -0.15) is 0 Å². The zero-order chi connectivity index (χ0) is 18.6. The Hall–Kier alpha value is -2.53. The van der Waals surface area contributed by atoms with Crippen molar-refractivity contribution in [2.75, 3.05) is 6.54 Å². The van der Waals surface area contributed by atoms with E-state index < -0.39 is 0 Å². The van der Waals surface area contributed by atoms with Crippen LogP contribution in [0.5, 0.6) is 11.5 Å². The molecule has 28 heavy (non-hydrogen) atoms. The molecule has 1 aliphatic rings. The normalized spacial score (nSPS) is 18.1. The number of ether oxygens (including phenoxy) is 1. The van der Waals surface area contributed by atoms with Crippen LogP contribution in [-0.2, 0) is 17.7 Å². The van der Waals surface area contributed by atoms with Crippen molar-refractivity contribution in [3.05, 3.63) is 95.1 Å². The van der Waals surface area contributed by atoms with Crippen molar-refractivity contribution in [1.82, 2.24) is 5.32 Å². The number of halogens is 1. The first-order valence-electron chi connectivity index (χ1n) is 9.21. The Balaban J connectivity index is 0.00000225. The van der Waals surface area contributed by atoms with E-state index in [-0.39, 0.29) is 36.1 Å². The SMILES string of the molecule is Cl.Oc1ccc2c(c1O)C[C@@H](c1ccccc1)O[C@H]2CNCc1ccccc1. The fourth-order valence-corrected chi connectivity index (χ4v) is 3.63. The second-order valence-electron chi connectivity index (χ2n) is 6.85. The zero-order valence-corrected chi connectivity index (χ0v) is 16.2. The number of phenolic OH excluding ortho intramolecular Hbond substituents is 2. The van der Waals surface area contributed by atoms with Crippen LogP contribution in [0.1, 0.15) is 34.5 Å². The van der Waals surface area contributed by atoms with E-state index in [2.05, 4.69) is 17.4 Å². The average molecular weight is 398 g/mol. The van der Waals surface area contributed by atoms with Crippen molar-refractivity contribution in [3.8, 4) is 11.5 Å². The summed E-state index contributed by atoms with van der Waals surface area (Å²) in [7, 11) is 0. The summed E-state index contributed by atoms with van der Waals surface area (Å²) in [6.45, 7) is 1.37. The Bertz CT molecular complexity index is 902. The summed E-state index contributed by atoms with van der Waals surface area (Å²) in [6.07, 6.45) is 0.179. The molecule has 3 N–H and O–H groups in total. The van der Waals surface area contributed by atoms with E-state index in [4.69, 9.17) is 4.74 Å². The zero-order valence-electron chi connectivity index (χ0n) is 15.4. The molecule has 0 aliphatic carbocycles. The van der Waals surface area contributed by atoms with Gasteiger partial charge in [0.25, 0.3) is 0 Å². The van der Waals surface area contributed by atoms with Crippen LogP contribution in [0.2, 0.25) is 0 Å². The highest BCUT2D eigenvalue weighted by Crippen LogP contribution is 2.43. The van der Waals surface area contributed by atoms with E-state index in [1.807, 2.05) is 54.6 Å². The van der Waals surface area contributed by atoms with Gasteiger partial charge in [0.1, 0.15) is 0 Å². The van der Waals surface area contributed by atoms with Crippen LogP contribution >= 0.6 is 12.4 Å². The van der Waals surface area contributed by atoms with Crippen LogP contribution < -0.4 is 5.32 Å². The van der Waals surface area contributed by atoms with Crippen LogP contribution in [0.15, 0.2) is 72.8 Å². The maximum Gasteiger partial charge on any atom is 0.161 e. The van der Waals surface area contributed by atoms with Gasteiger partial charge in [-0.3, -0.25) is 0 Å². The van der Waals surface area contributed by atoms with Crippen LogP contribution in [0, 0.1) is 0 Å². The average Bonchev–Trinajstić information content (AvgIpc) is 2.72. The lowest BCUT2D eigenvalue weighted by molar-refractivity contribution is -0.0273. The molecule has 0 spiro atoms. The molecule has 0 saturated heterocycles. The summed E-state index contributed by atoms with van der Waals surface area (Å²) in [4.78, 5) is 0. The van der Waals surface area contributed by atoms with Gasteiger partial charge < -0.3 is 20.3 Å². The van der Waals surface area contributed by atoms with Gasteiger partial charge in [-0.05, 0) is 22.8 Å². The topological polar surface area (TPSA) is 61.7 Å². The molecule has 0 saturated carbocycles. The van der Waals surface area contributed by atoms with E-state index >= 15 is 0 Å². The molecule has 1 heterocycles. The third kappa shape index (κ3) is 4.30. The number of benzene rings is 3. The Morgan fingerprint density at radius 2 is 1.57 bits per heavy atom. The van der Waals surface area contributed by atoms with Crippen LogP contribution in [0.25, 0.3) is 0 Å². The highest BCUT2D eigenvalue weighted by atomic mass is 35.5. The predicted octanol–water partition coefficient (Wildman–Crippen LogP) is 4.66. The van der Waals surface area contributed by atoms with Gasteiger partial charge in [0.15, 0.2) is 11.5 Å². The van der Waals surface area contributed by atoms with E-state index in [1.165, 1.54) is 11.6 Å². The maximum absolute atomic E-state index is 10.4. The molecule has 0 unspecified atom stereocenters. The molecule has 0 bridgehead atoms. The van der Waals surface area contributed by atoms with Gasteiger partial charge in [0.05, 0.1) is 12.2 Å². The second-order valence-corrected chi connectivity index (χ2v) is 6.85. The molecule has 1 aliphatic heterocycles. The summed E-state index contributed by atoms with van der Waals surface area (Å²) in [6, 6.07) is 23.6. The van der Waals surface area contributed by atoms with E-state index in [1.54, 1.807) is 0 Å². The number of hydrogen-bond acceptors (Lipinski definition) is 4. The highest BCUT2D eigenvalue weighted by molar-refractivity contribution is 5.85. The molecule has 5 heteroatoms. The number of fused-ring (bicyclic) bond motifs is 1. The van der Waals surface area contributed by atoms with Crippen LogP contribution in [-0.4, -0.2) is 16.8 Å². The van der Waals surface area contributed by atoms with Crippen molar-refractivity contribution in [1.29, 1.82) is 0 Å². The van der Waals surface area contributed by atoms with Gasteiger partial charge in [0, 0.05) is 25.1 Å². The lowest BCUT2D eigenvalue weighted by Gasteiger charge is -2.33. The third-order valence-electron chi connectivity index (χ3n) is 5.04. The number of aromatic hydroxyl groups is 2. The number of hydrogen-bond donors (Lipinski definition) is 3. The molecule has 0 radical (unpaired) electrons. The minimum absolute atomic E-state index is 0. The molecule has 0 amide bonds.